The third-order valence-electron chi connectivity index (χ3n) is 9.26. The molecule has 0 bridgehead atoms. The van der Waals surface area contributed by atoms with E-state index < -0.39 is 0 Å². The molecule has 3 nitrogen and oxygen atoms in total. The van der Waals surface area contributed by atoms with Gasteiger partial charge in [-0.05, 0) is 79.2 Å². The molecule has 0 aliphatic heterocycles. The third kappa shape index (κ3) is 6.44. The molecule has 3 heteroatoms. The minimum atomic E-state index is -0.227. The van der Waals surface area contributed by atoms with Crippen molar-refractivity contribution < 1.29 is 9.90 Å². The molecule has 37 heavy (non-hydrogen) atoms. The molecule has 0 aromatic heterocycles. The summed E-state index contributed by atoms with van der Waals surface area (Å²) in [5.74, 6) is 2.12. The number of amides is 1. The number of hydrogen-bond acceptors (Lipinski definition) is 2. The Bertz CT molecular complexity index is 1050. The fourth-order valence-corrected chi connectivity index (χ4v) is 6.97. The number of aliphatic hydroxyl groups excluding tert-OH is 1. The third-order valence-corrected chi connectivity index (χ3v) is 9.26. The van der Waals surface area contributed by atoms with Crippen LogP contribution in [0, 0.1) is 29.1 Å². The number of benzene rings is 2. The van der Waals surface area contributed by atoms with Gasteiger partial charge in [-0.2, -0.15) is 0 Å². The molecule has 5 unspecified atom stereocenters. The lowest BCUT2D eigenvalue weighted by Gasteiger charge is -2.55. The van der Waals surface area contributed by atoms with Gasteiger partial charge in [-0.1, -0.05) is 99.2 Å². The van der Waals surface area contributed by atoms with Crippen molar-refractivity contribution in [2.45, 2.75) is 79.0 Å². The van der Waals surface area contributed by atoms with Gasteiger partial charge in [0.15, 0.2) is 0 Å². The lowest BCUT2D eigenvalue weighted by atomic mass is 9.50. The Morgan fingerprint density at radius 1 is 1.05 bits per heavy atom. The molecule has 2 aliphatic rings. The Morgan fingerprint density at radius 3 is 2.19 bits per heavy atom. The molecule has 2 aliphatic carbocycles. The zero-order valence-corrected chi connectivity index (χ0v) is 23.2. The highest BCUT2D eigenvalue weighted by atomic mass is 16.3. The second-order valence-corrected chi connectivity index (χ2v) is 12.2. The smallest absolute Gasteiger partial charge is 0.247 e. The standard InChI is InChI=1S/C34H45NO2/c1-24(16-18-29-25(2)17-19-30-33(29)26(3)21-31(36)34(30,4)5)20-32(37)35(22-27-12-8-6-9-13-27)23-28-14-10-7-11-15-28/h6-15,20,26,29-31,33,36H,2,16-19,21-23H2,1,3-5H3. The van der Waals surface area contributed by atoms with Gasteiger partial charge in [0.2, 0.25) is 5.91 Å². The number of carbonyl (C=O) groups excluding carboxylic acids is 1. The van der Waals surface area contributed by atoms with E-state index >= 15 is 0 Å². The summed E-state index contributed by atoms with van der Waals surface area (Å²) in [6.07, 6.45) is 6.62. The summed E-state index contributed by atoms with van der Waals surface area (Å²) in [6, 6.07) is 20.4. The van der Waals surface area contributed by atoms with Gasteiger partial charge in [0, 0.05) is 19.2 Å². The Labute approximate surface area is 224 Å². The topological polar surface area (TPSA) is 40.5 Å². The summed E-state index contributed by atoms with van der Waals surface area (Å²) in [7, 11) is 0. The van der Waals surface area contributed by atoms with Crippen molar-refractivity contribution in [3.05, 3.63) is 95.6 Å². The zero-order valence-electron chi connectivity index (χ0n) is 23.2. The van der Waals surface area contributed by atoms with Crippen LogP contribution < -0.4 is 0 Å². The van der Waals surface area contributed by atoms with Crippen molar-refractivity contribution in [3.63, 3.8) is 0 Å². The SMILES string of the molecule is C=C1CCC2C(C(C)CC(O)C2(C)C)C1CCC(C)=CC(=O)N(Cc1ccccc1)Cc1ccccc1. The second-order valence-electron chi connectivity index (χ2n) is 12.2. The fraction of sp³-hybridized carbons (Fsp3) is 0.500. The first-order valence-corrected chi connectivity index (χ1v) is 14.1. The van der Waals surface area contributed by atoms with E-state index in [4.69, 9.17) is 0 Å². The van der Waals surface area contributed by atoms with Crippen molar-refractivity contribution in [1.29, 1.82) is 0 Å². The van der Waals surface area contributed by atoms with Gasteiger partial charge < -0.3 is 10.0 Å². The molecule has 0 radical (unpaired) electrons. The predicted octanol–water partition coefficient (Wildman–Crippen LogP) is 7.57. The van der Waals surface area contributed by atoms with Crippen LogP contribution in [-0.4, -0.2) is 22.0 Å². The quantitative estimate of drug-likeness (QED) is 0.301. The average molecular weight is 500 g/mol. The highest BCUT2D eigenvalue weighted by Crippen LogP contribution is 2.56. The number of allylic oxidation sites excluding steroid dienone is 2. The summed E-state index contributed by atoms with van der Waals surface area (Å²) in [5, 5.41) is 10.8. The molecule has 2 fully saturated rings. The first-order chi connectivity index (χ1) is 17.7. The summed E-state index contributed by atoms with van der Waals surface area (Å²) < 4.78 is 0. The Kier molecular flexibility index (Phi) is 8.75. The molecular weight excluding hydrogens is 454 g/mol. The first kappa shape index (κ1) is 27.4. The van der Waals surface area contributed by atoms with Gasteiger partial charge in [-0.15, -0.1) is 0 Å². The molecule has 0 saturated heterocycles. The van der Waals surface area contributed by atoms with Crippen molar-refractivity contribution in [1.82, 2.24) is 4.90 Å². The Balaban J connectivity index is 1.46. The summed E-state index contributed by atoms with van der Waals surface area (Å²) in [6.45, 7) is 14.6. The van der Waals surface area contributed by atoms with Crippen LogP contribution in [0.1, 0.15) is 70.9 Å². The van der Waals surface area contributed by atoms with Crippen LogP contribution in [0.25, 0.3) is 0 Å². The van der Waals surface area contributed by atoms with Crippen molar-refractivity contribution in [2.24, 2.45) is 29.1 Å². The largest absolute Gasteiger partial charge is 0.393 e. The lowest BCUT2D eigenvalue weighted by Crippen LogP contribution is -2.52. The van der Waals surface area contributed by atoms with Gasteiger partial charge in [0.1, 0.15) is 0 Å². The molecule has 5 atom stereocenters. The van der Waals surface area contributed by atoms with E-state index in [1.807, 2.05) is 47.4 Å². The molecule has 2 aromatic carbocycles. The van der Waals surface area contributed by atoms with Crippen LogP contribution in [0.2, 0.25) is 0 Å². The van der Waals surface area contributed by atoms with Gasteiger partial charge >= 0.3 is 0 Å². The normalized spacial score (nSPS) is 27.4. The van der Waals surface area contributed by atoms with Crippen molar-refractivity contribution in [3.8, 4) is 0 Å². The van der Waals surface area contributed by atoms with Crippen LogP contribution >= 0.6 is 0 Å². The van der Waals surface area contributed by atoms with E-state index in [9.17, 15) is 9.90 Å². The molecule has 2 saturated carbocycles. The molecule has 2 aromatic rings. The highest BCUT2D eigenvalue weighted by molar-refractivity contribution is 5.88. The van der Waals surface area contributed by atoms with Crippen molar-refractivity contribution >= 4 is 5.91 Å². The second kappa shape index (κ2) is 11.8. The molecule has 0 spiro atoms. The van der Waals surface area contributed by atoms with E-state index in [1.54, 1.807) is 0 Å². The van der Waals surface area contributed by atoms with Crippen LogP contribution in [0.3, 0.4) is 0 Å². The average Bonchev–Trinajstić information content (AvgIpc) is 2.87. The maximum atomic E-state index is 13.5. The van der Waals surface area contributed by atoms with E-state index in [1.165, 1.54) is 5.57 Å². The van der Waals surface area contributed by atoms with E-state index in [0.29, 0.717) is 36.8 Å². The van der Waals surface area contributed by atoms with E-state index in [2.05, 4.69) is 58.5 Å². The highest BCUT2D eigenvalue weighted by Gasteiger charge is 2.51. The summed E-state index contributed by atoms with van der Waals surface area (Å²) >= 11 is 0. The fourth-order valence-electron chi connectivity index (χ4n) is 6.97. The lowest BCUT2D eigenvalue weighted by molar-refractivity contribution is -0.127. The van der Waals surface area contributed by atoms with Crippen LogP contribution in [0.15, 0.2) is 84.5 Å². The molecule has 0 heterocycles. The maximum Gasteiger partial charge on any atom is 0.247 e. The van der Waals surface area contributed by atoms with E-state index in [0.717, 1.165) is 48.8 Å². The monoisotopic (exact) mass is 499 g/mol. The number of nitrogens with zero attached hydrogens (tertiary/aromatic N) is 1. The number of aliphatic hydroxyl groups is 1. The van der Waals surface area contributed by atoms with Crippen molar-refractivity contribution in [2.75, 3.05) is 0 Å². The minimum absolute atomic E-state index is 0.0493. The molecule has 4 rings (SSSR count). The summed E-state index contributed by atoms with van der Waals surface area (Å²) in [5.41, 5.74) is 4.73. The Morgan fingerprint density at radius 2 is 1.62 bits per heavy atom. The molecule has 1 amide bonds. The Hall–Kier alpha value is -2.65. The van der Waals surface area contributed by atoms with E-state index in [-0.39, 0.29) is 17.4 Å². The first-order valence-electron chi connectivity index (χ1n) is 14.1. The summed E-state index contributed by atoms with van der Waals surface area (Å²) in [4.78, 5) is 15.4. The van der Waals surface area contributed by atoms with Gasteiger partial charge in [-0.3, -0.25) is 4.79 Å². The van der Waals surface area contributed by atoms with Gasteiger partial charge in [-0.25, -0.2) is 0 Å². The number of fused-ring (bicyclic) bond motifs is 1. The number of carbonyl (C=O) groups is 1. The molecule has 1 N–H and O–H groups in total. The maximum absolute atomic E-state index is 13.5. The number of rotatable bonds is 8. The minimum Gasteiger partial charge on any atom is -0.393 e. The van der Waals surface area contributed by atoms with Gasteiger partial charge in [0.25, 0.3) is 0 Å². The predicted molar refractivity (Wildman–Crippen MR) is 153 cm³/mol. The molecule has 198 valence electrons. The van der Waals surface area contributed by atoms with Crippen LogP contribution in [0.4, 0.5) is 0 Å². The number of hydrogen-bond donors (Lipinski definition) is 1. The zero-order chi connectivity index (χ0) is 26.6. The van der Waals surface area contributed by atoms with Crippen LogP contribution in [-0.2, 0) is 17.9 Å². The van der Waals surface area contributed by atoms with Crippen LogP contribution in [0.5, 0.6) is 0 Å². The van der Waals surface area contributed by atoms with Gasteiger partial charge in [0.05, 0.1) is 6.10 Å². The molecular formula is C34H45NO2.